The number of aliphatic hydroxyl groups excluding tert-OH is 1. The Balaban J connectivity index is 1.91. The Morgan fingerprint density at radius 2 is 2.00 bits per heavy atom. The molecule has 0 unspecified atom stereocenters. The van der Waals surface area contributed by atoms with Crippen LogP contribution in [0.3, 0.4) is 0 Å². The lowest BCUT2D eigenvalue weighted by molar-refractivity contribution is -0.130. The third-order valence-corrected chi connectivity index (χ3v) is 5.39. The van der Waals surface area contributed by atoms with Gasteiger partial charge in [-0.1, -0.05) is 18.2 Å². The van der Waals surface area contributed by atoms with Gasteiger partial charge in [-0.15, -0.1) is 0 Å². The highest BCUT2D eigenvalue weighted by Crippen LogP contribution is 2.16. The summed E-state index contributed by atoms with van der Waals surface area (Å²) in [6.45, 7) is 2.78. The van der Waals surface area contributed by atoms with Gasteiger partial charge in [0.2, 0.25) is 5.91 Å². The minimum Gasteiger partial charge on any atom is -0.388 e. The topological polar surface area (TPSA) is 83.9 Å². The number of rotatable bonds is 6. The van der Waals surface area contributed by atoms with Crippen molar-refractivity contribution in [3.8, 4) is 0 Å². The number of nitrogens with zero attached hydrogens (tertiary/aromatic N) is 1. The van der Waals surface area contributed by atoms with Gasteiger partial charge in [0.1, 0.15) is 6.10 Å². The second-order valence-electron chi connectivity index (χ2n) is 5.24. The fraction of sp³-hybridized carbons (Fsp3) is 0.533. The molecule has 22 heavy (non-hydrogen) atoms. The number of ether oxygens (including phenoxy) is 1. The fourth-order valence-electron chi connectivity index (χ4n) is 2.46. The van der Waals surface area contributed by atoms with Crippen LogP contribution in [0.2, 0.25) is 0 Å². The van der Waals surface area contributed by atoms with Crippen molar-refractivity contribution >= 4 is 15.7 Å². The first-order chi connectivity index (χ1) is 10.4. The molecule has 1 aliphatic rings. The minimum atomic E-state index is -3.46. The maximum absolute atomic E-state index is 12.1. The van der Waals surface area contributed by atoms with Crippen molar-refractivity contribution in [3.63, 3.8) is 0 Å². The molecule has 122 valence electrons. The molecule has 1 aromatic carbocycles. The zero-order chi connectivity index (χ0) is 16.2. The molecule has 7 heteroatoms. The van der Waals surface area contributed by atoms with Crippen molar-refractivity contribution in [1.29, 1.82) is 0 Å². The molecule has 1 amide bonds. The minimum absolute atomic E-state index is 0.0945. The number of carbonyl (C=O) groups excluding carboxylic acids is 1. The Labute approximate surface area is 130 Å². The monoisotopic (exact) mass is 327 g/mol. The van der Waals surface area contributed by atoms with E-state index in [4.69, 9.17) is 4.74 Å². The first-order valence-electron chi connectivity index (χ1n) is 7.29. The lowest BCUT2D eigenvalue weighted by Gasteiger charge is -2.16. The molecule has 6 nitrogen and oxygen atoms in total. The van der Waals surface area contributed by atoms with Gasteiger partial charge in [0, 0.05) is 26.1 Å². The van der Waals surface area contributed by atoms with Gasteiger partial charge in [-0.2, -0.15) is 0 Å². The number of aliphatic hydroxyl groups is 1. The van der Waals surface area contributed by atoms with Crippen LogP contribution in [0.25, 0.3) is 0 Å². The third kappa shape index (κ3) is 4.06. The van der Waals surface area contributed by atoms with E-state index >= 15 is 0 Å². The number of sulfone groups is 1. The number of amides is 1. The summed E-state index contributed by atoms with van der Waals surface area (Å²) in [6, 6.07) is 8.08. The molecule has 1 aromatic rings. The fourth-order valence-corrected chi connectivity index (χ4v) is 3.71. The van der Waals surface area contributed by atoms with Gasteiger partial charge in [0.15, 0.2) is 9.84 Å². The molecule has 0 radical (unpaired) electrons. The second kappa shape index (κ2) is 7.21. The lowest BCUT2D eigenvalue weighted by atomic mass is 10.3. The van der Waals surface area contributed by atoms with Crippen LogP contribution in [0, 0.1) is 0 Å². The van der Waals surface area contributed by atoms with Gasteiger partial charge in [0.05, 0.1) is 16.8 Å². The number of hydrogen-bond donors (Lipinski definition) is 1. The predicted molar refractivity (Wildman–Crippen MR) is 81.1 cm³/mol. The number of carbonyl (C=O) groups is 1. The molecule has 0 spiro atoms. The Hall–Kier alpha value is -1.44. The average molecular weight is 327 g/mol. The molecule has 1 saturated heterocycles. The maximum Gasteiger partial charge on any atom is 0.223 e. The summed E-state index contributed by atoms with van der Waals surface area (Å²) in [5.41, 5.74) is 0. The van der Waals surface area contributed by atoms with Crippen molar-refractivity contribution in [1.82, 2.24) is 4.90 Å². The van der Waals surface area contributed by atoms with Crippen molar-refractivity contribution in [2.75, 3.05) is 25.4 Å². The van der Waals surface area contributed by atoms with Crippen molar-refractivity contribution in [3.05, 3.63) is 30.3 Å². The first-order valence-corrected chi connectivity index (χ1v) is 8.94. The SMILES string of the molecule is CCO[C@@H]1CN(C(=O)CCS(=O)(=O)c2ccccc2)C[C@H]1O. The smallest absolute Gasteiger partial charge is 0.223 e. The number of benzene rings is 1. The number of likely N-dealkylation sites (tertiary alicyclic amines) is 1. The van der Waals surface area contributed by atoms with Gasteiger partial charge < -0.3 is 14.7 Å². The molecular weight excluding hydrogens is 306 g/mol. The molecule has 1 heterocycles. The zero-order valence-corrected chi connectivity index (χ0v) is 13.3. The molecule has 0 saturated carbocycles. The quantitative estimate of drug-likeness (QED) is 0.820. The Morgan fingerprint density at radius 1 is 1.32 bits per heavy atom. The van der Waals surface area contributed by atoms with Gasteiger partial charge >= 0.3 is 0 Å². The van der Waals surface area contributed by atoms with E-state index in [9.17, 15) is 18.3 Å². The van der Waals surface area contributed by atoms with Crippen LogP contribution in [0.4, 0.5) is 0 Å². The van der Waals surface area contributed by atoms with E-state index in [-0.39, 0.29) is 35.6 Å². The first kappa shape index (κ1) is 16.9. The Bertz CT molecular complexity index is 602. The van der Waals surface area contributed by atoms with Gasteiger partial charge in [-0.3, -0.25) is 4.79 Å². The molecule has 2 atom stereocenters. The predicted octanol–water partition coefficient (Wildman–Crippen LogP) is 0.459. The van der Waals surface area contributed by atoms with Crippen LogP contribution < -0.4 is 0 Å². The standard InChI is InChI=1S/C15H21NO5S/c1-2-21-14-11-16(10-13(14)17)15(18)8-9-22(19,20)12-6-4-3-5-7-12/h3-7,13-14,17H,2,8-11H2,1H3/t13-,14-/m1/s1. The summed E-state index contributed by atoms with van der Waals surface area (Å²) in [7, 11) is -3.46. The van der Waals surface area contributed by atoms with Crippen LogP contribution in [0.15, 0.2) is 35.2 Å². The van der Waals surface area contributed by atoms with Crippen molar-refractivity contribution in [2.45, 2.75) is 30.4 Å². The van der Waals surface area contributed by atoms with E-state index in [2.05, 4.69) is 0 Å². The molecular formula is C15H21NO5S. The highest BCUT2D eigenvalue weighted by atomic mass is 32.2. The zero-order valence-electron chi connectivity index (χ0n) is 12.5. The van der Waals surface area contributed by atoms with E-state index in [0.29, 0.717) is 13.2 Å². The van der Waals surface area contributed by atoms with Crippen LogP contribution in [0.1, 0.15) is 13.3 Å². The Morgan fingerprint density at radius 3 is 2.64 bits per heavy atom. The Kier molecular flexibility index (Phi) is 5.55. The largest absolute Gasteiger partial charge is 0.388 e. The van der Waals surface area contributed by atoms with E-state index < -0.39 is 15.9 Å². The van der Waals surface area contributed by atoms with Crippen LogP contribution in [-0.2, 0) is 19.4 Å². The van der Waals surface area contributed by atoms with E-state index in [1.807, 2.05) is 6.92 Å². The molecule has 0 aromatic heterocycles. The molecule has 2 rings (SSSR count). The highest BCUT2D eigenvalue weighted by Gasteiger charge is 2.34. The number of hydrogen-bond acceptors (Lipinski definition) is 5. The summed E-state index contributed by atoms with van der Waals surface area (Å²) >= 11 is 0. The van der Waals surface area contributed by atoms with Gasteiger partial charge in [0.25, 0.3) is 0 Å². The summed E-state index contributed by atoms with van der Waals surface area (Å²) < 4.78 is 29.6. The van der Waals surface area contributed by atoms with Gasteiger partial charge in [-0.25, -0.2) is 8.42 Å². The van der Waals surface area contributed by atoms with Crippen molar-refractivity contribution < 1.29 is 23.1 Å². The molecule has 0 bridgehead atoms. The van der Waals surface area contributed by atoms with E-state index in [1.54, 1.807) is 18.2 Å². The second-order valence-corrected chi connectivity index (χ2v) is 7.35. The normalized spacial score (nSPS) is 22.0. The third-order valence-electron chi connectivity index (χ3n) is 3.66. The van der Waals surface area contributed by atoms with Crippen LogP contribution in [-0.4, -0.2) is 62.0 Å². The van der Waals surface area contributed by atoms with Crippen LogP contribution >= 0.6 is 0 Å². The number of β-amino-alcohol motifs (C(OH)–C–C–N with tert-alkyl or cyclic N) is 1. The summed E-state index contributed by atoms with van der Waals surface area (Å²) in [5.74, 6) is -0.511. The van der Waals surface area contributed by atoms with Gasteiger partial charge in [-0.05, 0) is 19.1 Å². The summed E-state index contributed by atoms with van der Waals surface area (Å²) in [6.07, 6.45) is -1.20. The lowest BCUT2D eigenvalue weighted by Crippen LogP contribution is -2.31. The van der Waals surface area contributed by atoms with E-state index in [0.717, 1.165) is 0 Å². The summed E-state index contributed by atoms with van der Waals surface area (Å²) in [5, 5.41) is 9.81. The highest BCUT2D eigenvalue weighted by molar-refractivity contribution is 7.91. The maximum atomic E-state index is 12.1. The van der Waals surface area contributed by atoms with Crippen LogP contribution in [0.5, 0.6) is 0 Å². The summed E-state index contributed by atoms with van der Waals surface area (Å²) in [4.78, 5) is 13.8. The van der Waals surface area contributed by atoms with Crippen molar-refractivity contribution in [2.24, 2.45) is 0 Å². The molecule has 1 aliphatic heterocycles. The molecule has 1 fully saturated rings. The molecule has 0 aliphatic carbocycles. The van der Waals surface area contributed by atoms with E-state index in [1.165, 1.54) is 17.0 Å². The molecule has 1 N–H and O–H groups in total. The average Bonchev–Trinajstić information content (AvgIpc) is 2.87.